The van der Waals surface area contributed by atoms with Crippen LogP contribution in [0.1, 0.15) is 0 Å². The van der Waals surface area contributed by atoms with Gasteiger partial charge in [0.15, 0.2) is 16.9 Å². The fraction of sp³-hybridized carbons (Fsp3) is 0. The second kappa shape index (κ2) is 3.46. The molecular weight excluding hydrogens is 200 g/mol. The van der Waals surface area contributed by atoms with Crippen LogP contribution in [0.15, 0.2) is 17.8 Å². The first kappa shape index (κ1) is 8.70. The van der Waals surface area contributed by atoms with Crippen molar-refractivity contribution in [2.24, 2.45) is 5.73 Å². The van der Waals surface area contributed by atoms with Gasteiger partial charge in [0.1, 0.15) is 5.69 Å². The topological polar surface area (TPSA) is 103 Å². The van der Waals surface area contributed by atoms with Crippen LogP contribution >= 0.6 is 11.3 Å². The van der Waals surface area contributed by atoms with Gasteiger partial charge in [0.25, 0.3) is 0 Å². The van der Waals surface area contributed by atoms with Gasteiger partial charge < -0.3 is 16.0 Å². The van der Waals surface area contributed by atoms with Gasteiger partial charge in [-0.1, -0.05) is 0 Å². The molecule has 0 unspecified atom stereocenters. The summed E-state index contributed by atoms with van der Waals surface area (Å²) >= 11 is 1.37. The van der Waals surface area contributed by atoms with Crippen LogP contribution in [0.3, 0.4) is 0 Å². The summed E-state index contributed by atoms with van der Waals surface area (Å²) in [5.74, 6) is 0.586. The summed E-state index contributed by atoms with van der Waals surface area (Å²) in [6, 6.07) is 0. The van der Waals surface area contributed by atoms with E-state index in [9.17, 15) is 0 Å². The highest BCUT2D eigenvalue weighted by atomic mass is 32.1. The van der Waals surface area contributed by atoms with E-state index in [1.54, 1.807) is 12.4 Å². The van der Waals surface area contributed by atoms with Gasteiger partial charge in [-0.05, 0) is 0 Å². The number of thiazole rings is 1. The molecule has 2 aromatic heterocycles. The molecular formula is C7H8N6S. The number of aromatic nitrogens is 3. The Hall–Kier alpha value is -1.89. The molecule has 0 aliphatic heterocycles. The Kier molecular flexibility index (Phi) is 2.15. The molecule has 7 heteroatoms. The third-order valence-electron chi connectivity index (χ3n) is 1.49. The van der Waals surface area contributed by atoms with Gasteiger partial charge in [-0.3, -0.25) is 5.41 Å². The number of aromatic amines is 1. The molecule has 2 rings (SSSR count). The second-order valence-electron chi connectivity index (χ2n) is 2.51. The summed E-state index contributed by atoms with van der Waals surface area (Å²) in [6.07, 6.45) is 3.39. The molecule has 0 atom stereocenters. The van der Waals surface area contributed by atoms with Gasteiger partial charge in [0.2, 0.25) is 0 Å². The molecule has 0 bridgehead atoms. The van der Waals surface area contributed by atoms with E-state index in [0.717, 1.165) is 5.69 Å². The molecule has 14 heavy (non-hydrogen) atoms. The van der Waals surface area contributed by atoms with E-state index in [1.807, 2.05) is 5.38 Å². The van der Waals surface area contributed by atoms with Gasteiger partial charge >= 0.3 is 0 Å². The van der Waals surface area contributed by atoms with E-state index in [4.69, 9.17) is 11.1 Å². The van der Waals surface area contributed by atoms with Crippen LogP contribution in [0, 0.1) is 5.41 Å². The van der Waals surface area contributed by atoms with Crippen molar-refractivity contribution >= 4 is 22.4 Å². The maximum absolute atomic E-state index is 7.03. The lowest BCUT2D eigenvalue weighted by Gasteiger charge is -1.95. The lowest BCUT2D eigenvalue weighted by Crippen LogP contribution is -2.20. The number of rotatable bonds is 2. The van der Waals surface area contributed by atoms with Crippen LogP contribution in [-0.4, -0.2) is 20.9 Å². The van der Waals surface area contributed by atoms with E-state index < -0.39 is 0 Å². The molecule has 0 amide bonds. The van der Waals surface area contributed by atoms with E-state index >= 15 is 0 Å². The Morgan fingerprint density at radius 1 is 1.64 bits per heavy atom. The van der Waals surface area contributed by atoms with Gasteiger partial charge in [-0.25, -0.2) is 9.97 Å². The lowest BCUT2D eigenvalue weighted by atomic mass is 10.5. The summed E-state index contributed by atoms with van der Waals surface area (Å²) < 4.78 is 0. The van der Waals surface area contributed by atoms with Crippen molar-refractivity contribution in [2.45, 2.75) is 0 Å². The minimum absolute atomic E-state index is 0.120. The zero-order chi connectivity index (χ0) is 9.97. The zero-order valence-electron chi connectivity index (χ0n) is 7.11. The summed E-state index contributed by atoms with van der Waals surface area (Å²) in [4.78, 5) is 11.2. The first-order valence-corrected chi connectivity index (χ1v) is 4.70. The molecule has 0 aromatic carbocycles. The Morgan fingerprint density at radius 3 is 3.14 bits per heavy atom. The molecule has 0 saturated heterocycles. The maximum atomic E-state index is 7.03. The number of anilines is 1. The molecule has 0 aliphatic carbocycles. The molecule has 2 aromatic rings. The molecule has 0 aliphatic rings. The first-order valence-electron chi connectivity index (χ1n) is 3.82. The average Bonchev–Trinajstić information content (AvgIpc) is 2.69. The molecule has 0 radical (unpaired) electrons. The summed E-state index contributed by atoms with van der Waals surface area (Å²) in [6.45, 7) is 0. The third kappa shape index (κ3) is 1.72. The van der Waals surface area contributed by atoms with Crippen molar-refractivity contribution in [1.82, 2.24) is 15.0 Å². The summed E-state index contributed by atoms with van der Waals surface area (Å²) in [5, 5.41) is 12.1. The van der Waals surface area contributed by atoms with Gasteiger partial charge in [0, 0.05) is 17.8 Å². The first-order chi connectivity index (χ1) is 6.75. The lowest BCUT2D eigenvalue weighted by molar-refractivity contribution is 1.25. The maximum Gasteiger partial charge on any atom is 0.192 e. The fourth-order valence-corrected chi connectivity index (χ4v) is 1.67. The number of hydrogen-bond acceptors (Lipinski definition) is 4. The smallest absolute Gasteiger partial charge is 0.192 e. The minimum atomic E-state index is -0.120. The Morgan fingerprint density at radius 2 is 2.50 bits per heavy atom. The normalized spacial score (nSPS) is 10.0. The van der Waals surface area contributed by atoms with Crippen LogP contribution < -0.4 is 11.1 Å². The molecule has 6 nitrogen and oxygen atoms in total. The minimum Gasteiger partial charge on any atom is -0.370 e. The predicted molar refractivity (Wildman–Crippen MR) is 55.2 cm³/mol. The predicted octanol–water partition coefficient (Wildman–Crippen LogP) is 0.839. The molecule has 72 valence electrons. The van der Waals surface area contributed by atoms with Crippen LogP contribution in [0.5, 0.6) is 0 Å². The van der Waals surface area contributed by atoms with Crippen molar-refractivity contribution in [3.63, 3.8) is 0 Å². The van der Waals surface area contributed by atoms with Crippen molar-refractivity contribution < 1.29 is 0 Å². The van der Waals surface area contributed by atoms with E-state index in [0.29, 0.717) is 11.0 Å². The molecule has 0 saturated carbocycles. The number of nitrogens with zero attached hydrogens (tertiary/aromatic N) is 2. The van der Waals surface area contributed by atoms with E-state index in [-0.39, 0.29) is 5.96 Å². The summed E-state index contributed by atoms with van der Waals surface area (Å²) in [5.41, 5.74) is 5.91. The fourth-order valence-electron chi connectivity index (χ4n) is 0.960. The number of imidazole rings is 1. The number of hydrogen-bond donors (Lipinski definition) is 4. The van der Waals surface area contributed by atoms with Crippen LogP contribution in [0.2, 0.25) is 0 Å². The van der Waals surface area contributed by atoms with Crippen LogP contribution in [-0.2, 0) is 0 Å². The monoisotopic (exact) mass is 208 g/mol. The second-order valence-corrected chi connectivity index (χ2v) is 3.37. The number of H-pyrrole nitrogens is 1. The number of nitrogens with two attached hydrogens (primary N) is 1. The Bertz CT molecular complexity index is 431. The van der Waals surface area contributed by atoms with Crippen molar-refractivity contribution in [1.29, 1.82) is 5.41 Å². The average molecular weight is 208 g/mol. The van der Waals surface area contributed by atoms with E-state index in [1.165, 1.54) is 11.3 Å². The van der Waals surface area contributed by atoms with Crippen molar-refractivity contribution in [3.05, 3.63) is 17.8 Å². The number of guanidine groups is 1. The molecule has 0 spiro atoms. The van der Waals surface area contributed by atoms with Gasteiger partial charge in [-0.2, -0.15) is 0 Å². The van der Waals surface area contributed by atoms with Crippen molar-refractivity contribution in [3.8, 4) is 11.5 Å². The van der Waals surface area contributed by atoms with Gasteiger partial charge in [0.05, 0.1) is 0 Å². The molecule has 5 N–H and O–H groups in total. The Labute approximate surface area is 83.7 Å². The molecule has 2 heterocycles. The summed E-state index contributed by atoms with van der Waals surface area (Å²) in [7, 11) is 0. The van der Waals surface area contributed by atoms with E-state index in [2.05, 4.69) is 20.3 Å². The van der Waals surface area contributed by atoms with Crippen LogP contribution in [0.4, 0.5) is 5.13 Å². The third-order valence-corrected chi connectivity index (χ3v) is 2.24. The highest BCUT2D eigenvalue weighted by molar-refractivity contribution is 7.14. The van der Waals surface area contributed by atoms with Crippen molar-refractivity contribution in [2.75, 3.05) is 5.32 Å². The SMILES string of the molecule is N=C(N)Nc1nc(-c2ncc[nH]2)cs1. The highest BCUT2D eigenvalue weighted by Crippen LogP contribution is 2.21. The molecule has 0 fully saturated rings. The quantitative estimate of drug-likeness (QED) is 0.433. The number of nitrogens with one attached hydrogen (secondary N) is 3. The van der Waals surface area contributed by atoms with Crippen LogP contribution in [0.25, 0.3) is 11.5 Å². The Balaban J connectivity index is 2.22. The standard InChI is InChI=1S/C7H8N6S/c8-6(9)13-7-12-4(3-14-7)5-10-1-2-11-5/h1-3H,(H,10,11)(H4,8,9,12,13). The zero-order valence-corrected chi connectivity index (χ0v) is 7.93. The largest absolute Gasteiger partial charge is 0.370 e. The van der Waals surface area contributed by atoms with Gasteiger partial charge in [-0.15, -0.1) is 11.3 Å². The highest BCUT2D eigenvalue weighted by Gasteiger charge is 2.05.